The number of hydrogen-bond acceptors (Lipinski definition) is 2. The van der Waals surface area contributed by atoms with Gasteiger partial charge < -0.3 is 10.2 Å². The predicted molar refractivity (Wildman–Crippen MR) is 116 cm³/mol. The van der Waals surface area contributed by atoms with Crippen molar-refractivity contribution in [2.24, 2.45) is 46.3 Å². The molecule has 31 heavy (non-hydrogen) atoms. The summed E-state index contributed by atoms with van der Waals surface area (Å²) in [5, 5.41) is 20.1. The van der Waals surface area contributed by atoms with Gasteiger partial charge in [0.1, 0.15) is 6.10 Å². The van der Waals surface area contributed by atoms with Crippen LogP contribution in [0.1, 0.15) is 98.3 Å². The lowest BCUT2D eigenvalue weighted by molar-refractivity contribution is -0.206. The van der Waals surface area contributed by atoms with Crippen LogP contribution in [0.15, 0.2) is 0 Å². The summed E-state index contributed by atoms with van der Waals surface area (Å²) < 4.78 is 38.3. The normalized spacial score (nSPS) is 49.6. The first-order valence-corrected chi connectivity index (χ1v) is 12.7. The number of aliphatic hydroxyl groups is 2. The smallest absolute Gasteiger partial charge is 0.390 e. The molecule has 0 aromatic rings. The van der Waals surface area contributed by atoms with E-state index in [2.05, 4.69) is 20.8 Å². The molecule has 2 nitrogen and oxygen atoms in total. The monoisotopic (exact) mass is 444 g/mol. The third kappa shape index (κ3) is 4.09. The fourth-order valence-electron chi connectivity index (χ4n) is 9.19. The van der Waals surface area contributed by atoms with E-state index in [4.69, 9.17) is 0 Å². The van der Waals surface area contributed by atoms with Gasteiger partial charge in [-0.15, -0.1) is 0 Å². The van der Waals surface area contributed by atoms with Crippen molar-refractivity contribution in [2.75, 3.05) is 0 Å². The Bertz CT molecular complexity index is 662. The lowest BCUT2D eigenvalue weighted by Gasteiger charge is -2.62. The van der Waals surface area contributed by atoms with Gasteiger partial charge in [0.15, 0.2) is 0 Å². The molecule has 2 N–H and O–H groups in total. The summed E-state index contributed by atoms with van der Waals surface area (Å²) in [5.41, 5.74) is 0.0647. The van der Waals surface area contributed by atoms with Gasteiger partial charge >= 0.3 is 6.18 Å². The number of halogens is 3. The molecule has 4 aliphatic rings. The number of rotatable bonds is 4. The molecule has 0 aliphatic heterocycles. The van der Waals surface area contributed by atoms with E-state index >= 15 is 0 Å². The Morgan fingerprint density at radius 3 is 2.23 bits per heavy atom. The number of alkyl halides is 3. The number of aliphatic hydroxyl groups excluding tert-OH is 1. The molecule has 0 aromatic carbocycles. The van der Waals surface area contributed by atoms with Gasteiger partial charge in [-0.25, -0.2) is 0 Å². The van der Waals surface area contributed by atoms with E-state index in [0.29, 0.717) is 29.6 Å². The van der Waals surface area contributed by atoms with E-state index in [1.807, 2.05) is 6.92 Å². The fourth-order valence-corrected chi connectivity index (χ4v) is 9.19. The first kappa shape index (κ1) is 23.9. The van der Waals surface area contributed by atoms with Crippen LogP contribution in [-0.4, -0.2) is 28.1 Å². The van der Waals surface area contributed by atoms with E-state index in [-0.39, 0.29) is 17.8 Å². The maximum absolute atomic E-state index is 12.8. The second-order valence-electron chi connectivity index (χ2n) is 12.7. The van der Waals surface area contributed by atoms with E-state index in [1.165, 1.54) is 32.1 Å². The molecule has 4 saturated carbocycles. The largest absolute Gasteiger partial charge is 0.414 e. The molecular formula is C26H43F3O2. The second-order valence-corrected chi connectivity index (χ2v) is 12.7. The van der Waals surface area contributed by atoms with Crippen LogP contribution in [0.4, 0.5) is 13.2 Å². The Balaban J connectivity index is 1.45. The molecule has 4 rings (SSSR count). The maximum Gasteiger partial charge on any atom is 0.414 e. The minimum atomic E-state index is -4.50. The van der Waals surface area contributed by atoms with Crippen LogP contribution in [0.2, 0.25) is 0 Å². The van der Waals surface area contributed by atoms with E-state index in [1.54, 1.807) is 0 Å². The van der Waals surface area contributed by atoms with Crippen molar-refractivity contribution in [1.29, 1.82) is 0 Å². The summed E-state index contributed by atoms with van der Waals surface area (Å²) in [6, 6.07) is 0. The average Bonchev–Trinajstić information content (AvgIpc) is 3.02. The summed E-state index contributed by atoms with van der Waals surface area (Å²) in [5.74, 6) is 3.48. The maximum atomic E-state index is 12.8. The molecule has 0 bridgehead atoms. The molecule has 0 amide bonds. The first-order chi connectivity index (χ1) is 14.3. The average molecular weight is 445 g/mol. The highest BCUT2D eigenvalue weighted by Crippen LogP contribution is 2.68. The van der Waals surface area contributed by atoms with E-state index in [9.17, 15) is 23.4 Å². The quantitative estimate of drug-likeness (QED) is 0.504. The standard InChI is InChI=1S/C26H43F3O2/c1-16(5-10-22(30)26(27,28)29)19-8-9-20-18-7-6-17-15-23(2,31)13-14-24(17,3)21(18)11-12-25(19,20)4/h16-22,30-31H,5-15H2,1-4H3/t16-,17+,18+,19-,20+,21+,22-,23+,24+,25?/m1/s1. The SMILES string of the molecule is C[C@H](CC[C@@H](O)C(F)(F)F)[C@H]1CC[C@H]2[C@@H]3CC[C@H]4C[C@@](C)(O)CC[C@]4(C)[C@H]3CCC12C. The van der Waals surface area contributed by atoms with Gasteiger partial charge in [-0.3, -0.25) is 0 Å². The van der Waals surface area contributed by atoms with Crippen molar-refractivity contribution in [3.63, 3.8) is 0 Å². The third-order valence-corrected chi connectivity index (χ3v) is 11.0. The molecule has 180 valence electrons. The third-order valence-electron chi connectivity index (χ3n) is 11.0. The number of fused-ring (bicyclic) bond motifs is 5. The van der Waals surface area contributed by atoms with Crippen LogP contribution >= 0.6 is 0 Å². The zero-order valence-corrected chi connectivity index (χ0v) is 19.8. The van der Waals surface area contributed by atoms with Gasteiger partial charge in [0, 0.05) is 0 Å². The molecule has 5 heteroatoms. The molecule has 0 spiro atoms. The lowest BCUT2D eigenvalue weighted by atomic mass is 9.43. The fraction of sp³-hybridized carbons (Fsp3) is 1.00. The summed E-state index contributed by atoms with van der Waals surface area (Å²) in [6.45, 7) is 9.06. The Hall–Kier alpha value is -0.290. The van der Waals surface area contributed by atoms with Crippen molar-refractivity contribution >= 4 is 0 Å². The van der Waals surface area contributed by atoms with Crippen LogP contribution in [0.5, 0.6) is 0 Å². The molecule has 0 saturated heterocycles. The number of hydrogen-bond donors (Lipinski definition) is 2. The Morgan fingerprint density at radius 2 is 1.55 bits per heavy atom. The highest BCUT2D eigenvalue weighted by Gasteiger charge is 2.61. The van der Waals surface area contributed by atoms with Crippen LogP contribution in [0.25, 0.3) is 0 Å². The van der Waals surface area contributed by atoms with Crippen molar-refractivity contribution in [2.45, 2.75) is 116 Å². The van der Waals surface area contributed by atoms with Crippen molar-refractivity contribution in [1.82, 2.24) is 0 Å². The van der Waals surface area contributed by atoms with Crippen molar-refractivity contribution in [3.8, 4) is 0 Å². The Labute approximate surface area is 186 Å². The van der Waals surface area contributed by atoms with Crippen molar-refractivity contribution < 1.29 is 23.4 Å². The molecule has 0 radical (unpaired) electrons. The van der Waals surface area contributed by atoms with Gasteiger partial charge in [0.05, 0.1) is 5.60 Å². The molecule has 4 aliphatic carbocycles. The summed E-state index contributed by atoms with van der Waals surface area (Å²) in [6.07, 6.45) is 3.82. The predicted octanol–water partition coefficient (Wildman–Crippen LogP) is 6.74. The second kappa shape index (κ2) is 7.89. The van der Waals surface area contributed by atoms with Gasteiger partial charge in [-0.2, -0.15) is 13.2 Å². The Kier molecular flexibility index (Phi) is 6.07. The van der Waals surface area contributed by atoms with Gasteiger partial charge in [-0.05, 0) is 124 Å². The van der Waals surface area contributed by atoms with Crippen LogP contribution in [0, 0.1) is 46.3 Å². The van der Waals surface area contributed by atoms with Gasteiger partial charge in [0.2, 0.25) is 0 Å². The molecule has 10 atom stereocenters. The minimum Gasteiger partial charge on any atom is -0.390 e. The summed E-state index contributed by atoms with van der Waals surface area (Å²) in [7, 11) is 0. The molecule has 0 aromatic heterocycles. The zero-order valence-electron chi connectivity index (χ0n) is 19.8. The molecule has 1 unspecified atom stereocenters. The van der Waals surface area contributed by atoms with Gasteiger partial charge in [-0.1, -0.05) is 20.8 Å². The molecular weight excluding hydrogens is 401 g/mol. The molecule has 0 heterocycles. The van der Waals surface area contributed by atoms with Crippen LogP contribution in [-0.2, 0) is 0 Å². The lowest BCUT2D eigenvalue weighted by Crippen LogP contribution is -2.55. The topological polar surface area (TPSA) is 40.5 Å². The highest BCUT2D eigenvalue weighted by atomic mass is 19.4. The van der Waals surface area contributed by atoms with E-state index in [0.717, 1.165) is 37.5 Å². The Morgan fingerprint density at radius 1 is 0.871 bits per heavy atom. The summed E-state index contributed by atoms with van der Waals surface area (Å²) >= 11 is 0. The highest BCUT2D eigenvalue weighted by molar-refractivity contribution is 5.10. The minimum absolute atomic E-state index is 0.173. The summed E-state index contributed by atoms with van der Waals surface area (Å²) in [4.78, 5) is 0. The van der Waals surface area contributed by atoms with Gasteiger partial charge in [0.25, 0.3) is 0 Å². The van der Waals surface area contributed by atoms with Crippen LogP contribution in [0.3, 0.4) is 0 Å². The van der Waals surface area contributed by atoms with Crippen molar-refractivity contribution in [3.05, 3.63) is 0 Å². The zero-order chi connectivity index (χ0) is 22.8. The van der Waals surface area contributed by atoms with E-state index < -0.39 is 17.9 Å². The first-order valence-electron chi connectivity index (χ1n) is 12.7. The van der Waals surface area contributed by atoms with Crippen LogP contribution < -0.4 is 0 Å². The molecule has 4 fully saturated rings.